The van der Waals surface area contributed by atoms with Crippen LogP contribution in [0.25, 0.3) is 10.6 Å². The number of nitrogens with zero attached hydrogens (tertiary/aromatic N) is 5. The Labute approximate surface area is 180 Å². The van der Waals surface area contributed by atoms with Gasteiger partial charge >= 0.3 is 6.03 Å². The summed E-state index contributed by atoms with van der Waals surface area (Å²) in [6.45, 7) is 8.49. The van der Waals surface area contributed by atoms with E-state index in [0.717, 1.165) is 22.1 Å². The highest BCUT2D eigenvalue weighted by Gasteiger charge is 2.39. The van der Waals surface area contributed by atoms with Gasteiger partial charge in [-0.1, -0.05) is 32.1 Å². The number of anilines is 1. The molecule has 0 aromatic carbocycles. The Kier molecular flexibility index (Phi) is 6.09. The van der Waals surface area contributed by atoms with E-state index in [2.05, 4.69) is 41.0 Å². The van der Waals surface area contributed by atoms with Gasteiger partial charge in [0.05, 0.1) is 16.3 Å². The van der Waals surface area contributed by atoms with E-state index in [4.69, 9.17) is 5.73 Å². The first-order valence-corrected chi connectivity index (χ1v) is 10.6. The number of urea groups is 1. The number of nitrogens with one attached hydrogen (secondary N) is 1. The van der Waals surface area contributed by atoms with Crippen LogP contribution in [-0.2, 0) is 10.2 Å². The zero-order chi connectivity index (χ0) is 22.2. The number of hydrogen-bond donors (Lipinski definition) is 2. The lowest BCUT2D eigenvalue weighted by atomic mass is 9.95. The molecule has 0 bridgehead atoms. The van der Waals surface area contributed by atoms with Gasteiger partial charge in [-0.05, 0) is 33.5 Å². The summed E-state index contributed by atoms with van der Waals surface area (Å²) in [4.78, 5) is 42.6. The molecule has 0 aliphatic carbocycles. The zero-order valence-corrected chi connectivity index (χ0v) is 19.1. The van der Waals surface area contributed by atoms with Gasteiger partial charge in [0.15, 0.2) is 5.13 Å². The number of thiazole rings is 1. The molecule has 1 saturated heterocycles. The molecule has 0 saturated carbocycles. The van der Waals surface area contributed by atoms with Crippen LogP contribution in [0.15, 0.2) is 12.3 Å². The normalized spacial score (nSPS) is 19.4. The summed E-state index contributed by atoms with van der Waals surface area (Å²) in [5.41, 5.74) is 6.90. The maximum absolute atomic E-state index is 12.9. The summed E-state index contributed by atoms with van der Waals surface area (Å²) in [7, 11) is 3.85. The number of aryl methyl sites for hydroxylation is 1. The first kappa shape index (κ1) is 22.1. The first-order chi connectivity index (χ1) is 14.0. The topological polar surface area (TPSA) is 117 Å². The lowest BCUT2D eigenvalue weighted by Crippen LogP contribution is -2.45. The van der Waals surface area contributed by atoms with E-state index >= 15 is 0 Å². The van der Waals surface area contributed by atoms with E-state index in [1.807, 2.05) is 32.0 Å². The lowest BCUT2D eigenvalue weighted by Gasteiger charge is -2.22. The Morgan fingerprint density at radius 3 is 2.60 bits per heavy atom. The molecule has 3 N–H and O–H groups in total. The van der Waals surface area contributed by atoms with Gasteiger partial charge < -0.3 is 15.5 Å². The minimum Gasteiger partial charge on any atom is -0.368 e. The van der Waals surface area contributed by atoms with Crippen LogP contribution < -0.4 is 11.1 Å². The van der Waals surface area contributed by atoms with Crippen LogP contribution in [-0.4, -0.2) is 69.4 Å². The summed E-state index contributed by atoms with van der Waals surface area (Å²) in [6, 6.07) is 0.918. The summed E-state index contributed by atoms with van der Waals surface area (Å²) >= 11 is 1.35. The van der Waals surface area contributed by atoms with Crippen LogP contribution in [0, 0.1) is 6.92 Å². The number of likely N-dealkylation sites (tertiary alicyclic amines) is 1. The molecule has 2 aromatic heterocycles. The van der Waals surface area contributed by atoms with Crippen molar-refractivity contribution in [1.29, 1.82) is 0 Å². The van der Waals surface area contributed by atoms with Gasteiger partial charge in [0.25, 0.3) is 0 Å². The highest BCUT2D eigenvalue weighted by Crippen LogP contribution is 2.33. The third-order valence-electron chi connectivity index (χ3n) is 5.17. The van der Waals surface area contributed by atoms with Crippen LogP contribution in [0.3, 0.4) is 0 Å². The molecule has 1 fully saturated rings. The fraction of sp³-hybridized carbons (Fsp3) is 0.550. The molecule has 0 spiro atoms. The van der Waals surface area contributed by atoms with Gasteiger partial charge in [-0.2, -0.15) is 0 Å². The number of primary amides is 1. The van der Waals surface area contributed by atoms with Crippen LogP contribution in [0.1, 0.15) is 38.7 Å². The Morgan fingerprint density at radius 1 is 1.30 bits per heavy atom. The molecule has 9 nitrogen and oxygen atoms in total. The fourth-order valence-electron chi connectivity index (χ4n) is 3.38. The van der Waals surface area contributed by atoms with Gasteiger partial charge in [-0.15, -0.1) is 0 Å². The number of likely N-dealkylation sites (N-methyl/N-ethyl adjacent to an activating group) is 1. The van der Waals surface area contributed by atoms with Gasteiger partial charge in [0.1, 0.15) is 11.9 Å². The molecule has 10 heteroatoms. The van der Waals surface area contributed by atoms with Crippen LogP contribution in [0.4, 0.5) is 9.93 Å². The largest absolute Gasteiger partial charge is 0.368 e. The number of amides is 3. The summed E-state index contributed by atoms with van der Waals surface area (Å²) in [6.07, 6.45) is 2.26. The smallest absolute Gasteiger partial charge is 0.324 e. The molecule has 162 valence electrons. The molecular weight excluding hydrogens is 402 g/mol. The molecule has 3 rings (SSSR count). The van der Waals surface area contributed by atoms with Crippen LogP contribution in [0.5, 0.6) is 0 Å². The van der Waals surface area contributed by atoms with Crippen molar-refractivity contribution in [2.24, 2.45) is 5.73 Å². The van der Waals surface area contributed by atoms with Gasteiger partial charge in [0.2, 0.25) is 5.91 Å². The quantitative estimate of drug-likeness (QED) is 0.767. The first-order valence-electron chi connectivity index (χ1n) is 9.82. The van der Waals surface area contributed by atoms with E-state index in [-0.39, 0.29) is 17.5 Å². The highest BCUT2D eigenvalue weighted by atomic mass is 32.1. The molecule has 0 unspecified atom stereocenters. The van der Waals surface area contributed by atoms with E-state index in [1.165, 1.54) is 16.2 Å². The number of aromatic nitrogens is 3. The molecule has 3 heterocycles. The summed E-state index contributed by atoms with van der Waals surface area (Å²) < 4.78 is 0. The predicted octanol–water partition coefficient (Wildman–Crippen LogP) is 2.23. The second kappa shape index (κ2) is 8.27. The van der Waals surface area contributed by atoms with Gasteiger partial charge in [-0.25, -0.2) is 19.7 Å². The molecule has 2 aromatic rings. The number of nitrogens with two attached hydrogens (primary N) is 1. The van der Waals surface area contributed by atoms with Gasteiger partial charge in [-0.3, -0.25) is 10.1 Å². The molecule has 0 radical (unpaired) electrons. The summed E-state index contributed by atoms with van der Waals surface area (Å²) in [5.74, 6) is 0.246. The Morgan fingerprint density at radius 2 is 2.00 bits per heavy atom. The SMILES string of the molecule is Cc1nc(NC(=O)N2C[C@@H](N(C)C)C[C@H]2C(N)=O)sc1-c1ccnc(C(C)(C)C)n1. The Balaban J connectivity index is 1.81. The number of rotatable bonds is 4. The highest BCUT2D eigenvalue weighted by molar-refractivity contribution is 7.19. The molecule has 1 aliphatic rings. The standard InChI is InChI=1S/C20H29N7O2S/c1-11-15(13-7-8-22-17(24-13)20(2,3)4)30-18(23-11)25-19(29)27-10-12(26(5)6)9-14(27)16(21)28/h7-8,12,14H,9-10H2,1-6H3,(H2,21,28)(H,23,25,29)/t12-,14-/m0/s1. The third kappa shape index (κ3) is 4.59. The molecule has 3 amide bonds. The van der Waals surface area contributed by atoms with E-state index in [9.17, 15) is 9.59 Å². The average molecular weight is 432 g/mol. The van der Waals surface area contributed by atoms with Crippen LogP contribution >= 0.6 is 11.3 Å². The lowest BCUT2D eigenvalue weighted by molar-refractivity contribution is -0.121. The number of carbonyl (C=O) groups is 2. The van der Waals surface area contributed by atoms with Gasteiger partial charge in [0, 0.05) is 24.2 Å². The fourth-order valence-corrected chi connectivity index (χ4v) is 4.31. The molecular formula is C20H29N7O2S. The minimum absolute atomic E-state index is 0.0821. The predicted molar refractivity (Wildman–Crippen MR) is 117 cm³/mol. The average Bonchev–Trinajstić information content (AvgIpc) is 3.25. The van der Waals surface area contributed by atoms with Crippen molar-refractivity contribution < 1.29 is 9.59 Å². The van der Waals surface area contributed by atoms with Crippen molar-refractivity contribution >= 4 is 28.4 Å². The van der Waals surface area contributed by atoms with Crippen molar-refractivity contribution in [1.82, 2.24) is 24.8 Å². The van der Waals surface area contributed by atoms with Crippen molar-refractivity contribution in [2.75, 3.05) is 26.0 Å². The Bertz CT molecular complexity index is 951. The Hall–Kier alpha value is -2.59. The molecule has 1 aliphatic heterocycles. The van der Waals surface area contributed by atoms with E-state index in [0.29, 0.717) is 18.1 Å². The van der Waals surface area contributed by atoms with E-state index in [1.54, 1.807) is 6.20 Å². The van der Waals surface area contributed by atoms with Crippen molar-refractivity contribution in [2.45, 2.75) is 51.6 Å². The summed E-state index contributed by atoms with van der Waals surface area (Å²) in [5, 5.41) is 3.29. The minimum atomic E-state index is -0.630. The maximum Gasteiger partial charge on any atom is 0.324 e. The molecule has 30 heavy (non-hydrogen) atoms. The second-order valence-corrected chi connectivity index (χ2v) is 9.80. The van der Waals surface area contributed by atoms with E-state index < -0.39 is 11.9 Å². The number of carbonyl (C=O) groups excluding carboxylic acids is 2. The second-order valence-electron chi connectivity index (χ2n) is 8.80. The number of hydrogen-bond acceptors (Lipinski definition) is 7. The van der Waals surface area contributed by atoms with Crippen molar-refractivity contribution in [3.8, 4) is 10.6 Å². The zero-order valence-electron chi connectivity index (χ0n) is 18.3. The maximum atomic E-state index is 12.9. The third-order valence-corrected chi connectivity index (χ3v) is 6.26. The monoisotopic (exact) mass is 431 g/mol. The van der Waals surface area contributed by atoms with Crippen LogP contribution in [0.2, 0.25) is 0 Å². The molecule has 2 atom stereocenters. The van der Waals surface area contributed by atoms with Crippen molar-refractivity contribution in [3.05, 3.63) is 23.8 Å². The van der Waals surface area contributed by atoms with Crippen molar-refractivity contribution in [3.63, 3.8) is 0 Å².